The zero-order valence-corrected chi connectivity index (χ0v) is 19.3. The van der Waals surface area contributed by atoms with Crippen LogP contribution < -0.4 is 0 Å². The second kappa shape index (κ2) is 10.1. The number of hydrogen-bond donors (Lipinski definition) is 0. The number of benzene rings is 2. The Kier molecular flexibility index (Phi) is 7.25. The number of morpholine rings is 1. The number of hydrogen-bond acceptors (Lipinski definition) is 5. The van der Waals surface area contributed by atoms with E-state index in [4.69, 9.17) is 4.74 Å². The van der Waals surface area contributed by atoms with Crippen LogP contribution in [0.3, 0.4) is 0 Å². The van der Waals surface area contributed by atoms with E-state index in [2.05, 4.69) is 4.90 Å². The molecule has 2 aromatic carbocycles. The van der Waals surface area contributed by atoms with Crippen LogP contribution in [0.25, 0.3) is 0 Å². The van der Waals surface area contributed by atoms with Crippen LogP contribution in [0.15, 0.2) is 59.5 Å². The number of amides is 1. The van der Waals surface area contributed by atoms with Gasteiger partial charge in [0.2, 0.25) is 15.9 Å². The maximum Gasteiger partial charge on any atom is 0.244 e. The fourth-order valence-corrected chi connectivity index (χ4v) is 5.84. The molecule has 2 aromatic rings. The average Bonchev–Trinajstić information content (AvgIpc) is 3.08. The predicted octanol–water partition coefficient (Wildman–Crippen LogP) is 2.29. The fraction of sp³-hybridized carbons (Fsp3) is 0.458. The van der Waals surface area contributed by atoms with Crippen molar-refractivity contribution in [1.29, 1.82) is 0 Å². The molecule has 4 rings (SSSR count). The zero-order valence-electron chi connectivity index (χ0n) is 18.5. The van der Waals surface area contributed by atoms with Crippen molar-refractivity contribution < 1.29 is 17.9 Å². The molecule has 1 atom stereocenters. The van der Waals surface area contributed by atoms with E-state index >= 15 is 0 Å². The van der Waals surface area contributed by atoms with Crippen molar-refractivity contribution in [1.82, 2.24) is 14.1 Å². The molecule has 172 valence electrons. The Morgan fingerprint density at radius 3 is 2.25 bits per heavy atom. The highest BCUT2D eigenvalue weighted by Gasteiger charge is 2.35. The minimum absolute atomic E-state index is 0.0642. The van der Waals surface area contributed by atoms with Crippen LogP contribution in [-0.4, -0.2) is 80.9 Å². The summed E-state index contributed by atoms with van der Waals surface area (Å²) in [6, 6.07) is 16.4. The summed E-state index contributed by atoms with van der Waals surface area (Å²) < 4.78 is 33.4. The van der Waals surface area contributed by atoms with Crippen molar-refractivity contribution in [3.05, 3.63) is 65.7 Å². The molecule has 0 aromatic heterocycles. The molecule has 2 heterocycles. The van der Waals surface area contributed by atoms with Gasteiger partial charge in [-0.15, -0.1) is 0 Å². The lowest BCUT2D eigenvalue weighted by Crippen LogP contribution is -2.48. The van der Waals surface area contributed by atoms with E-state index in [9.17, 15) is 13.2 Å². The molecule has 0 aliphatic carbocycles. The first kappa shape index (κ1) is 22.9. The molecule has 1 unspecified atom stereocenters. The molecule has 8 heteroatoms. The predicted molar refractivity (Wildman–Crippen MR) is 123 cm³/mol. The second-order valence-electron chi connectivity index (χ2n) is 8.36. The number of aryl methyl sites for hydroxylation is 1. The molecule has 7 nitrogen and oxygen atoms in total. The molecule has 2 saturated heterocycles. The summed E-state index contributed by atoms with van der Waals surface area (Å²) >= 11 is 0. The third-order valence-corrected chi connectivity index (χ3v) is 8.10. The van der Waals surface area contributed by atoms with Gasteiger partial charge >= 0.3 is 0 Å². The molecule has 0 N–H and O–H groups in total. The molecule has 2 fully saturated rings. The molecule has 0 saturated carbocycles. The first-order chi connectivity index (χ1) is 15.5. The molecule has 2 aliphatic heterocycles. The van der Waals surface area contributed by atoms with Gasteiger partial charge in [0, 0.05) is 39.3 Å². The summed E-state index contributed by atoms with van der Waals surface area (Å²) in [6.45, 7) is 6.18. The molecule has 32 heavy (non-hydrogen) atoms. The topological polar surface area (TPSA) is 70.2 Å². The third-order valence-electron chi connectivity index (χ3n) is 6.19. The van der Waals surface area contributed by atoms with Crippen molar-refractivity contribution in [3.63, 3.8) is 0 Å². The molecule has 0 radical (unpaired) electrons. The summed E-state index contributed by atoms with van der Waals surface area (Å²) in [4.78, 5) is 17.9. The monoisotopic (exact) mass is 457 g/mol. The van der Waals surface area contributed by atoms with Crippen molar-refractivity contribution in [2.45, 2.75) is 24.3 Å². The lowest BCUT2D eigenvalue weighted by Gasteiger charge is -2.36. The standard InChI is InChI=1S/C24H31N3O4S/c1-20-8-10-22(11-9-20)32(29,30)27-13-5-12-25(14-15-27)23(21-6-3-2-4-7-21)24(28)26-16-18-31-19-17-26/h2-4,6-11,23H,5,12-19H2,1H3. The van der Waals surface area contributed by atoms with Gasteiger partial charge in [0.05, 0.1) is 18.1 Å². The summed E-state index contributed by atoms with van der Waals surface area (Å²) in [5.41, 5.74) is 1.97. The second-order valence-corrected chi connectivity index (χ2v) is 10.3. The number of ether oxygens (including phenoxy) is 1. The number of nitrogens with zero attached hydrogens (tertiary/aromatic N) is 3. The Morgan fingerprint density at radius 2 is 1.56 bits per heavy atom. The highest BCUT2D eigenvalue weighted by molar-refractivity contribution is 7.89. The van der Waals surface area contributed by atoms with Gasteiger partial charge in [-0.05, 0) is 31.0 Å². The molecule has 1 amide bonds. The SMILES string of the molecule is Cc1ccc(S(=O)(=O)N2CCCN(C(C(=O)N3CCOCC3)c3ccccc3)CC2)cc1. The fourth-order valence-electron chi connectivity index (χ4n) is 4.37. The van der Waals surface area contributed by atoms with Gasteiger partial charge in [-0.3, -0.25) is 9.69 Å². The quantitative estimate of drug-likeness (QED) is 0.689. The largest absolute Gasteiger partial charge is 0.378 e. The summed E-state index contributed by atoms with van der Waals surface area (Å²) in [5.74, 6) is 0.0642. The van der Waals surface area contributed by atoms with Crippen LogP contribution in [0.5, 0.6) is 0 Å². The van der Waals surface area contributed by atoms with Crippen LogP contribution in [0.4, 0.5) is 0 Å². The van der Waals surface area contributed by atoms with Gasteiger partial charge in [0.25, 0.3) is 0 Å². The highest BCUT2D eigenvalue weighted by Crippen LogP contribution is 2.27. The van der Waals surface area contributed by atoms with Gasteiger partial charge < -0.3 is 9.64 Å². The van der Waals surface area contributed by atoms with Crippen molar-refractivity contribution >= 4 is 15.9 Å². The molecule has 0 spiro atoms. The van der Waals surface area contributed by atoms with Crippen LogP contribution in [0, 0.1) is 6.92 Å². The Morgan fingerprint density at radius 1 is 0.875 bits per heavy atom. The summed E-state index contributed by atoms with van der Waals surface area (Å²) in [5, 5.41) is 0. The Balaban J connectivity index is 1.54. The van der Waals surface area contributed by atoms with Crippen molar-refractivity contribution in [2.75, 3.05) is 52.5 Å². The lowest BCUT2D eigenvalue weighted by molar-refractivity contribution is -0.141. The van der Waals surface area contributed by atoms with E-state index in [1.807, 2.05) is 54.3 Å². The zero-order chi connectivity index (χ0) is 22.6. The molecule has 0 bridgehead atoms. The maximum atomic E-state index is 13.5. The average molecular weight is 458 g/mol. The minimum atomic E-state index is -3.56. The van der Waals surface area contributed by atoms with Gasteiger partial charge in [-0.25, -0.2) is 8.42 Å². The lowest BCUT2D eigenvalue weighted by atomic mass is 10.0. The summed E-state index contributed by atoms with van der Waals surface area (Å²) in [6.07, 6.45) is 0.671. The number of carbonyl (C=O) groups excluding carboxylic acids is 1. The first-order valence-corrected chi connectivity index (χ1v) is 12.6. The normalized spacial score (nSPS) is 20.0. The van der Waals surface area contributed by atoms with Crippen LogP contribution in [0.1, 0.15) is 23.6 Å². The van der Waals surface area contributed by atoms with Crippen molar-refractivity contribution in [3.8, 4) is 0 Å². The Bertz CT molecular complexity index is 1010. The number of sulfonamides is 1. The van der Waals surface area contributed by atoms with Crippen LogP contribution >= 0.6 is 0 Å². The van der Waals surface area contributed by atoms with Gasteiger partial charge in [0.15, 0.2) is 0 Å². The first-order valence-electron chi connectivity index (χ1n) is 11.2. The Labute approximate surface area is 190 Å². The number of carbonyl (C=O) groups is 1. The minimum Gasteiger partial charge on any atom is -0.378 e. The third kappa shape index (κ3) is 5.04. The highest BCUT2D eigenvalue weighted by atomic mass is 32.2. The smallest absolute Gasteiger partial charge is 0.244 e. The molecular weight excluding hydrogens is 426 g/mol. The van der Waals surface area contributed by atoms with Crippen LogP contribution in [-0.2, 0) is 19.6 Å². The van der Waals surface area contributed by atoms with E-state index in [1.165, 1.54) is 0 Å². The molecule has 2 aliphatic rings. The van der Waals surface area contributed by atoms with Gasteiger partial charge in [-0.1, -0.05) is 48.0 Å². The Hall–Kier alpha value is -2.26. The van der Waals surface area contributed by atoms with Gasteiger partial charge in [-0.2, -0.15) is 4.31 Å². The van der Waals surface area contributed by atoms with E-state index < -0.39 is 16.1 Å². The van der Waals surface area contributed by atoms with E-state index in [-0.39, 0.29) is 5.91 Å². The maximum absolute atomic E-state index is 13.5. The van der Waals surface area contributed by atoms with E-state index in [0.29, 0.717) is 63.8 Å². The summed E-state index contributed by atoms with van der Waals surface area (Å²) in [7, 11) is -3.56. The number of rotatable bonds is 5. The molecular formula is C24H31N3O4S. The van der Waals surface area contributed by atoms with Gasteiger partial charge in [0.1, 0.15) is 6.04 Å². The van der Waals surface area contributed by atoms with E-state index in [0.717, 1.165) is 11.1 Å². The van der Waals surface area contributed by atoms with Crippen molar-refractivity contribution in [2.24, 2.45) is 0 Å². The van der Waals surface area contributed by atoms with E-state index in [1.54, 1.807) is 16.4 Å². The van der Waals surface area contributed by atoms with Crippen LogP contribution in [0.2, 0.25) is 0 Å².